The summed E-state index contributed by atoms with van der Waals surface area (Å²) in [5.41, 5.74) is 0.484. The van der Waals surface area contributed by atoms with Crippen LogP contribution in [0.25, 0.3) is 5.82 Å². The minimum Gasteiger partial charge on any atom is -0.457 e. The van der Waals surface area contributed by atoms with E-state index in [0.29, 0.717) is 36.0 Å². The van der Waals surface area contributed by atoms with Crippen molar-refractivity contribution in [1.82, 2.24) is 20.1 Å². The number of para-hydroxylation sites is 2. The van der Waals surface area contributed by atoms with Gasteiger partial charge in [0.25, 0.3) is 5.91 Å². The molecule has 0 aliphatic carbocycles. The highest BCUT2D eigenvalue weighted by molar-refractivity contribution is 5.97. The molecule has 150 valence electrons. The van der Waals surface area contributed by atoms with Gasteiger partial charge in [-0.25, -0.2) is 0 Å². The van der Waals surface area contributed by atoms with E-state index in [2.05, 4.69) is 20.8 Å². The molecule has 0 aliphatic heterocycles. The molecule has 0 bridgehead atoms. The zero-order chi connectivity index (χ0) is 20.6. The van der Waals surface area contributed by atoms with E-state index >= 15 is 0 Å². The number of carbonyl (C=O) groups excluding carboxylic acids is 1. The lowest BCUT2D eigenvalue weighted by Gasteiger charge is -2.12. The van der Waals surface area contributed by atoms with E-state index in [-0.39, 0.29) is 5.91 Å². The Labute approximate surface area is 174 Å². The molecule has 0 radical (unpaired) electrons. The standard InChI is InChI=1S/C23H21N5O2/c29-23(19-10-4-5-11-20(19)30-18-8-2-1-3-9-18)25-15-14-24-21-12-13-22(27-26-21)28-16-6-7-17-28/h1-13,16-17H,14-15H2,(H,24,26)(H,25,29). The smallest absolute Gasteiger partial charge is 0.255 e. The Bertz CT molecular complexity index is 1080. The summed E-state index contributed by atoms with van der Waals surface area (Å²) in [5.74, 6) is 2.39. The molecule has 30 heavy (non-hydrogen) atoms. The normalized spacial score (nSPS) is 10.4. The van der Waals surface area contributed by atoms with Gasteiger partial charge in [0, 0.05) is 25.5 Å². The van der Waals surface area contributed by atoms with Crippen LogP contribution in [0.1, 0.15) is 10.4 Å². The van der Waals surface area contributed by atoms with Crippen LogP contribution >= 0.6 is 0 Å². The third kappa shape index (κ3) is 4.82. The first-order valence-electron chi connectivity index (χ1n) is 9.61. The van der Waals surface area contributed by atoms with Crippen LogP contribution in [0.15, 0.2) is 91.3 Å². The lowest BCUT2D eigenvalue weighted by Crippen LogP contribution is -2.29. The molecule has 0 atom stereocenters. The van der Waals surface area contributed by atoms with Gasteiger partial charge < -0.3 is 19.9 Å². The number of rotatable bonds is 8. The number of amides is 1. The minimum atomic E-state index is -0.197. The third-order valence-corrected chi connectivity index (χ3v) is 4.34. The number of anilines is 1. The van der Waals surface area contributed by atoms with Crippen molar-refractivity contribution in [3.8, 4) is 17.3 Å². The van der Waals surface area contributed by atoms with E-state index in [4.69, 9.17) is 4.74 Å². The second-order valence-electron chi connectivity index (χ2n) is 6.46. The van der Waals surface area contributed by atoms with Gasteiger partial charge in [-0.05, 0) is 48.5 Å². The van der Waals surface area contributed by atoms with Gasteiger partial charge in [0.2, 0.25) is 0 Å². The summed E-state index contributed by atoms with van der Waals surface area (Å²) in [5, 5.41) is 14.4. The molecule has 7 heteroatoms. The maximum absolute atomic E-state index is 12.6. The van der Waals surface area contributed by atoms with Crippen molar-refractivity contribution in [3.05, 3.63) is 96.8 Å². The Balaban J connectivity index is 1.29. The first kappa shape index (κ1) is 19.2. The number of hydrogen-bond donors (Lipinski definition) is 2. The van der Waals surface area contributed by atoms with Gasteiger partial charge in [-0.3, -0.25) is 4.79 Å². The predicted octanol–water partition coefficient (Wildman–Crippen LogP) is 3.90. The van der Waals surface area contributed by atoms with Crippen LogP contribution in [-0.4, -0.2) is 33.8 Å². The summed E-state index contributed by atoms with van der Waals surface area (Å²) in [4.78, 5) is 12.6. The van der Waals surface area contributed by atoms with Crippen molar-refractivity contribution < 1.29 is 9.53 Å². The van der Waals surface area contributed by atoms with Gasteiger partial charge in [-0.2, -0.15) is 0 Å². The molecule has 1 amide bonds. The van der Waals surface area contributed by atoms with Crippen LogP contribution < -0.4 is 15.4 Å². The second-order valence-corrected chi connectivity index (χ2v) is 6.46. The summed E-state index contributed by atoms with van der Waals surface area (Å²) in [7, 11) is 0. The quantitative estimate of drug-likeness (QED) is 0.439. The molecule has 0 saturated carbocycles. The Morgan fingerprint density at radius 2 is 1.60 bits per heavy atom. The monoisotopic (exact) mass is 399 g/mol. The van der Waals surface area contributed by atoms with E-state index < -0.39 is 0 Å². The average Bonchev–Trinajstić information content (AvgIpc) is 3.33. The molecule has 2 heterocycles. The molecule has 0 unspecified atom stereocenters. The van der Waals surface area contributed by atoms with Gasteiger partial charge in [0.05, 0.1) is 5.56 Å². The van der Waals surface area contributed by atoms with Crippen molar-refractivity contribution in [2.24, 2.45) is 0 Å². The lowest BCUT2D eigenvalue weighted by atomic mass is 10.2. The Morgan fingerprint density at radius 3 is 2.37 bits per heavy atom. The largest absolute Gasteiger partial charge is 0.457 e. The third-order valence-electron chi connectivity index (χ3n) is 4.34. The minimum absolute atomic E-state index is 0.197. The van der Waals surface area contributed by atoms with Crippen molar-refractivity contribution >= 4 is 11.7 Å². The van der Waals surface area contributed by atoms with Crippen LogP contribution in [0.3, 0.4) is 0 Å². The summed E-state index contributed by atoms with van der Waals surface area (Å²) >= 11 is 0. The molecule has 0 fully saturated rings. The molecule has 0 saturated heterocycles. The van der Waals surface area contributed by atoms with E-state index in [9.17, 15) is 4.79 Å². The second kappa shape index (κ2) is 9.38. The molecule has 4 aromatic rings. The van der Waals surface area contributed by atoms with Crippen molar-refractivity contribution in [2.75, 3.05) is 18.4 Å². The predicted molar refractivity (Wildman–Crippen MR) is 115 cm³/mol. The summed E-state index contributed by atoms with van der Waals surface area (Å²) < 4.78 is 7.73. The van der Waals surface area contributed by atoms with E-state index in [1.807, 2.05) is 83.7 Å². The first-order chi connectivity index (χ1) is 14.8. The van der Waals surface area contributed by atoms with Gasteiger partial charge in [0.15, 0.2) is 5.82 Å². The van der Waals surface area contributed by atoms with Gasteiger partial charge in [-0.15, -0.1) is 10.2 Å². The van der Waals surface area contributed by atoms with E-state index in [1.165, 1.54) is 0 Å². The topological polar surface area (TPSA) is 81.1 Å². The van der Waals surface area contributed by atoms with Crippen molar-refractivity contribution in [1.29, 1.82) is 0 Å². The fourth-order valence-corrected chi connectivity index (χ4v) is 2.87. The van der Waals surface area contributed by atoms with Gasteiger partial charge in [-0.1, -0.05) is 30.3 Å². The van der Waals surface area contributed by atoms with E-state index in [1.54, 1.807) is 12.1 Å². The van der Waals surface area contributed by atoms with Gasteiger partial charge >= 0.3 is 0 Å². The van der Waals surface area contributed by atoms with Crippen LogP contribution in [0.4, 0.5) is 5.82 Å². The van der Waals surface area contributed by atoms with Crippen molar-refractivity contribution in [2.45, 2.75) is 0 Å². The summed E-state index contributed by atoms with van der Waals surface area (Å²) in [6.07, 6.45) is 3.82. The number of nitrogens with zero attached hydrogens (tertiary/aromatic N) is 3. The highest BCUT2D eigenvalue weighted by Crippen LogP contribution is 2.24. The molecule has 2 N–H and O–H groups in total. The molecule has 4 rings (SSSR count). The lowest BCUT2D eigenvalue weighted by molar-refractivity contribution is 0.0953. The molecule has 7 nitrogen and oxygen atoms in total. The van der Waals surface area contributed by atoms with Gasteiger partial charge in [0.1, 0.15) is 17.3 Å². The summed E-state index contributed by atoms with van der Waals surface area (Å²) in [6.45, 7) is 0.949. The van der Waals surface area contributed by atoms with Crippen LogP contribution in [0, 0.1) is 0 Å². The number of nitrogens with one attached hydrogen (secondary N) is 2. The fourth-order valence-electron chi connectivity index (χ4n) is 2.87. The number of ether oxygens (including phenoxy) is 1. The number of benzene rings is 2. The molecule has 0 spiro atoms. The van der Waals surface area contributed by atoms with Crippen LogP contribution in [-0.2, 0) is 0 Å². The maximum Gasteiger partial charge on any atom is 0.255 e. The molecular formula is C23H21N5O2. The molecule has 0 aliphatic rings. The zero-order valence-corrected chi connectivity index (χ0v) is 16.2. The molecular weight excluding hydrogens is 378 g/mol. The van der Waals surface area contributed by atoms with E-state index in [0.717, 1.165) is 5.82 Å². The maximum atomic E-state index is 12.6. The van der Waals surface area contributed by atoms with Crippen LogP contribution in [0.5, 0.6) is 11.5 Å². The highest BCUT2D eigenvalue weighted by Gasteiger charge is 2.12. The Kier molecular flexibility index (Phi) is 6.00. The zero-order valence-electron chi connectivity index (χ0n) is 16.2. The SMILES string of the molecule is O=C(NCCNc1ccc(-n2cccc2)nn1)c1ccccc1Oc1ccccc1. The Hall–Kier alpha value is -4.13. The molecule has 2 aromatic carbocycles. The fraction of sp³-hybridized carbons (Fsp3) is 0.0870. The van der Waals surface area contributed by atoms with Crippen LogP contribution in [0.2, 0.25) is 0 Å². The van der Waals surface area contributed by atoms with Crippen molar-refractivity contribution in [3.63, 3.8) is 0 Å². The number of carbonyl (C=O) groups is 1. The Morgan fingerprint density at radius 1 is 0.833 bits per heavy atom. The highest BCUT2D eigenvalue weighted by atomic mass is 16.5. The number of aromatic nitrogens is 3. The number of hydrogen-bond acceptors (Lipinski definition) is 5. The average molecular weight is 399 g/mol. The summed E-state index contributed by atoms with van der Waals surface area (Å²) in [6, 6.07) is 24.2. The first-order valence-corrected chi connectivity index (χ1v) is 9.61. The molecule has 2 aromatic heterocycles.